The van der Waals surface area contributed by atoms with Gasteiger partial charge in [-0.1, -0.05) is 0 Å². The Labute approximate surface area is 95.1 Å². The Hall–Kier alpha value is -2.11. The molecule has 2 rings (SSSR count). The number of hydrogen-bond donors (Lipinski definition) is 1. The molecule has 0 radical (unpaired) electrons. The number of nitrogens with zero attached hydrogens (tertiary/aromatic N) is 2. The first-order valence-electron chi connectivity index (χ1n) is 4.72. The Morgan fingerprint density at radius 2 is 1.88 bits per heavy atom. The standard InChI is InChI=1S/C11H8F3N3/c12-11(13,14)9-4-3-8(15)10(17-9)7-2-1-5-16-6-7/h1-6H,15H2. The molecule has 0 spiro atoms. The summed E-state index contributed by atoms with van der Waals surface area (Å²) < 4.78 is 37.5. The van der Waals surface area contributed by atoms with Gasteiger partial charge < -0.3 is 5.73 Å². The predicted molar refractivity (Wildman–Crippen MR) is 56.9 cm³/mol. The minimum atomic E-state index is -4.48. The highest BCUT2D eigenvalue weighted by atomic mass is 19.4. The molecule has 2 N–H and O–H groups in total. The number of pyridine rings is 2. The average molecular weight is 239 g/mol. The zero-order valence-electron chi connectivity index (χ0n) is 8.57. The summed E-state index contributed by atoms with van der Waals surface area (Å²) in [6, 6.07) is 5.26. The van der Waals surface area contributed by atoms with E-state index in [2.05, 4.69) is 9.97 Å². The van der Waals surface area contributed by atoms with Crippen LogP contribution in [0, 0.1) is 0 Å². The molecule has 2 aromatic rings. The van der Waals surface area contributed by atoms with Gasteiger partial charge in [-0.3, -0.25) is 4.98 Å². The van der Waals surface area contributed by atoms with Gasteiger partial charge in [0.25, 0.3) is 0 Å². The monoisotopic (exact) mass is 239 g/mol. The van der Waals surface area contributed by atoms with Gasteiger partial charge in [-0.05, 0) is 24.3 Å². The molecule has 0 saturated carbocycles. The molecular formula is C11H8F3N3. The second-order valence-electron chi connectivity index (χ2n) is 3.37. The van der Waals surface area contributed by atoms with Crippen LogP contribution in [0.1, 0.15) is 5.69 Å². The van der Waals surface area contributed by atoms with Crippen LogP contribution < -0.4 is 5.73 Å². The zero-order chi connectivity index (χ0) is 12.5. The van der Waals surface area contributed by atoms with Crippen LogP contribution in [0.3, 0.4) is 0 Å². The second kappa shape index (κ2) is 4.04. The summed E-state index contributed by atoms with van der Waals surface area (Å²) >= 11 is 0. The van der Waals surface area contributed by atoms with E-state index in [0.717, 1.165) is 6.07 Å². The van der Waals surface area contributed by atoms with E-state index in [1.165, 1.54) is 18.5 Å². The Balaban J connectivity index is 2.55. The molecule has 2 aromatic heterocycles. The quantitative estimate of drug-likeness (QED) is 0.832. The fourth-order valence-corrected chi connectivity index (χ4v) is 1.36. The third kappa shape index (κ3) is 2.35. The normalized spacial score (nSPS) is 11.5. The maximum Gasteiger partial charge on any atom is 0.433 e. The SMILES string of the molecule is Nc1ccc(C(F)(F)F)nc1-c1cccnc1. The molecule has 3 nitrogen and oxygen atoms in total. The topological polar surface area (TPSA) is 51.8 Å². The van der Waals surface area contributed by atoms with E-state index in [0.29, 0.717) is 5.56 Å². The minimum absolute atomic E-state index is 0.0907. The lowest BCUT2D eigenvalue weighted by molar-refractivity contribution is -0.141. The van der Waals surface area contributed by atoms with Crippen LogP contribution in [0.5, 0.6) is 0 Å². The van der Waals surface area contributed by atoms with Gasteiger partial charge in [0.05, 0.1) is 11.4 Å². The van der Waals surface area contributed by atoms with Crippen molar-refractivity contribution in [2.45, 2.75) is 6.18 Å². The highest BCUT2D eigenvalue weighted by molar-refractivity contribution is 5.71. The number of halogens is 3. The summed E-state index contributed by atoms with van der Waals surface area (Å²) in [7, 11) is 0. The molecule has 0 aromatic carbocycles. The van der Waals surface area contributed by atoms with Crippen LogP contribution in [0.25, 0.3) is 11.3 Å². The number of nitrogens with two attached hydrogens (primary N) is 1. The molecule has 0 aliphatic rings. The summed E-state index contributed by atoms with van der Waals surface area (Å²) in [4.78, 5) is 7.34. The van der Waals surface area contributed by atoms with Crippen LogP contribution >= 0.6 is 0 Å². The largest absolute Gasteiger partial charge is 0.433 e. The number of alkyl halides is 3. The molecular weight excluding hydrogens is 231 g/mol. The van der Waals surface area contributed by atoms with E-state index in [1.54, 1.807) is 12.1 Å². The van der Waals surface area contributed by atoms with Gasteiger partial charge in [0, 0.05) is 18.0 Å². The Morgan fingerprint density at radius 3 is 2.47 bits per heavy atom. The first-order valence-corrected chi connectivity index (χ1v) is 4.72. The number of hydrogen-bond acceptors (Lipinski definition) is 3. The van der Waals surface area contributed by atoms with Gasteiger partial charge in [-0.15, -0.1) is 0 Å². The van der Waals surface area contributed by atoms with Crippen LogP contribution in [0.4, 0.5) is 18.9 Å². The molecule has 0 fully saturated rings. The maximum absolute atomic E-state index is 12.5. The Kier molecular flexibility index (Phi) is 2.71. The van der Waals surface area contributed by atoms with Crippen molar-refractivity contribution in [2.24, 2.45) is 0 Å². The van der Waals surface area contributed by atoms with E-state index in [4.69, 9.17) is 5.73 Å². The van der Waals surface area contributed by atoms with Crippen LogP contribution in [-0.2, 0) is 6.18 Å². The third-order valence-corrected chi connectivity index (χ3v) is 2.15. The number of rotatable bonds is 1. The molecule has 0 amide bonds. The molecule has 0 atom stereocenters. The van der Waals surface area contributed by atoms with E-state index in [-0.39, 0.29) is 11.4 Å². The Morgan fingerprint density at radius 1 is 1.12 bits per heavy atom. The molecule has 0 bridgehead atoms. The van der Waals surface area contributed by atoms with Crippen molar-refractivity contribution in [3.8, 4) is 11.3 Å². The van der Waals surface area contributed by atoms with Gasteiger partial charge >= 0.3 is 6.18 Å². The van der Waals surface area contributed by atoms with Crippen molar-refractivity contribution in [2.75, 3.05) is 5.73 Å². The lowest BCUT2D eigenvalue weighted by atomic mass is 10.1. The summed E-state index contributed by atoms with van der Waals surface area (Å²) in [5.41, 5.74) is 5.37. The lowest BCUT2D eigenvalue weighted by Crippen LogP contribution is -2.09. The molecule has 88 valence electrons. The summed E-state index contributed by atoms with van der Waals surface area (Å²) in [5, 5.41) is 0. The van der Waals surface area contributed by atoms with E-state index in [1.807, 2.05) is 0 Å². The predicted octanol–water partition coefficient (Wildman–Crippen LogP) is 2.74. The van der Waals surface area contributed by atoms with Crippen molar-refractivity contribution in [1.82, 2.24) is 9.97 Å². The number of anilines is 1. The lowest BCUT2D eigenvalue weighted by Gasteiger charge is -2.09. The average Bonchev–Trinajstić information content (AvgIpc) is 2.29. The molecule has 0 aliphatic heterocycles. The molecule has 0 aliphatic carbocycles. The summed E-state index contributed by atoms with van der Waals surface area (Å²) in [6.45, 7) is 0. The third-order valence-electron chi connectivity index (χ3n) is 2.15. The number of aromatic nitrogens is 2. The molecule has 6 heteroatoms. The second-order valence-corrected chi connectivity index (χ2v) is 3.37. The van der Waals surface area contributed by atoms with Gasteiger partial charge in [0.15, 0.2) is 0 Å². The summed E-state index contributed by atoms with van der Waals surface area (Å²) in [5.74, 6) is 0. The molecule has 17 heavy (non-hydrogen) atoms. The molecule has 0 saturated heterocycles. The highest BCUT2D eigenvalue weighted by Gasteiger charge is 2.32. The van der Waals surface area contributed by atoms with Crippen LogP contribution in [0.15, 0.2) is 36.7 Å². The Bertz CT molecular complexity index is 523. The molecule has 2 heterocycles. The van der Waals surface area contributed by atoms with Crippen LogP contribution in [-0.4, -0.2) is 9.97 Å². The first-order chi connectivity index (χ1) is 7.98. The van der Waals surface area contributed by atoms with Crippen molar-refractivity contribution >= 4 is 5.69 Å². The van der Waals surface area contributed by atoms with Crippen molar-refractivity contribution < 1.29 is 13.2 Å². The zero-order valence-corrected chi connectivity index (χ0v) is 8.57. The maximum atomic E-state index is 12.5. The number of nitrogen functional groups attached to an aromatic ring is 1. The van der Waals surface area contributed by atoms with Crippen molar-refractivity contribution in [3.63, 3.8) is 0 Å². The van der Waals surface area contributed by atoms with Gasteiger partial charge in [-0.25, -0.2) is 4.98 Å². The van der Waals surface area contributed by atoms with Gasteiger partial charge in [-0.2, -0.15) is 13.2 Å². The minimum Gasteiger partial charge on any atom is -0.397 e. The smallest absolute Gasteiger partial charge is 0.397 e. The van der Waals surface area contributed by atoms with Crippen LogP contribution in [0.2, 0.25) is 0 Å². The fourth-order valence-electron chi connectivity index (χ4n) is 1.36. The highest BCUT2D eigenvalue weighted by Crippen LogP contribution is 2.31. The van der Waals surface area contributed by atoms with E-state index < -0.39 is 11.9 Å². The van der Waals surface area contributed by atoms with Gasteiger partial charge in [0.1, 0.15) is 5.69 Å². The van der Waals surface area contributed by atoms with E-state index in [9.17, 15) is 13.2 Å². The van der Waals surface area contributed by atoms with Gasteiger partial charge in [0.2, 0.25) is 0 Å². The first kappa shape index (κ1) is 11.4. The molecule has 0 unspecified atom stereocenters. The van der Waals surface area contributed by atoms with Crippen molar-refractivity contribution in [1.29, 1.82) is 0 Å². The fraction of sp³-hybridized carbons (Fsp3) is 0.0909. The van der Waals surface area contributed by atoms with Crippen molar-refractivity contribution in [3.05, 3.63) is 42.4 Å². The summed E-state index contributed by atoms with van der Waals surface area (Å²) in [6.07, 6.45) is -1.54. The van der Waals surface area contributed by atoms with E-state index >= 15 is 0 Å².